The van der Waals surface area contributed by atoms with Gasteiger partial charge >= 0.3 is 0 Å². The van der Waals surface area contributed by atoms with Crippen molar-refractivity contribution in [1.29, 1.82) is 0 Å². The molecule has 27 heavy (non-hydrogen) atoms. The molecule has 0 saturated carbocycles. The molecule has 2 N–H and O–H groups in total. The molecule has 2 saturated heterocycles. The van der Waals surface area contributed by atoms with E-state index < -0.39 is 0 Å². The van der Waals surface area contributed by atoms with E-state index in [1.54, 1.807) is 7.11 Å². The van der Waals surface area contributed by atoms with Crippen molar-refractivity contribution in [2.45, 2.75) is 43.9 Å². The van der Waals surface area contributed by atoms with Gasteiger partial charge in [-0.15, -0.1) is 0 Å². The molecule has 0 bridgehead atoms. The standard InChI is InChI=1S/C21H34N4O2/c1-22-20(23-17-21(26-2)10-13-27-14-11-21)24-19-9-6-12-25(16-19)15-18-7-4-3-5-8-18/h3-5,7-8,19H,6,9-17H2,1-2H3,(H2,22,23,24). The average Bonchev–Trinajstić information content (AvgIpc) is 2.73. The predicted octanol–water partition coefficient (Wildman–Crippen LogP) is 2.01. The number of likely N-dealkylation sites (tertiary alicyclic amines) is 1. The maximum Gasteiger partial charge on any atom is 0.191 e. The molecule has 0 aliphatic carbocycles. The van der Waals surface area contributed by atoms with Gasteiger partial charge in [-0.3, -0.25) is 9.89 Å². The molecule has 0 radical (unpaired) electrons. The summed E-state index contributed by atoms with van der Waals surface area (Å²) in [7, 11) is 3.63. The van der Waals surface area contributed by atoms with Crippen LogP contribution >= 0.6 is 0 Å². The molecule has 2 aliphatic heterocycles. The summed E-state index contributed by atoms with van der Waals surface area (Å²) < 4.78 is 11.3. The summed E-state index contributed by atoms with van der Waals surface area (Å²) in [5, 5.41) is 7.10. The number of nitrogens with zero attached hydrogens (tertiary/aromatic N) is 2. The number of guanidine groups is 1. The minimum absolute atomic E-state index is 0.151. The van der Waals surface area contributed by atoms with Crippen LogP contribution in [0, 0.1) is 0 Å². The third-order valence-electron chi connectivity index (χ3n) is 5.73. The van der Waals surface area contributed by atoms with Gasteiger partial charge in [0.05, 0.1) is 5.60 Å². The van der Waals surface area contributed by atoms with Crippen LogP contribution in [0.1, 0.15) is 31.2 Å². The first-order valence-corrected chi connectivity index (χ1v) is 10.1. The first kappa shape index (κ1) is 20.1. The van der Waals surface area contributed by atoms with E-state index in [0.29, 0.717) is 6.04 Å². The van der Waals surface area contributed by atoms with Crippen LogP contribution in [0.25, 0.3) is 0 Å². The van der Waals surface area contributed by atoms with Gasteiger partial charge in [0.15, 0.2) is 5.96 Å². The van der Waals surface area contributed by atoms with Gasteiger partial charge in [-0.25, -0.2) is 0 Å². The molecule has 6 nitrogen and oxygen atoms in total. The molecule has 1 aromatic carbocycles. The Morgan fingerprint density at radius 1 is 1.30 bits per heavy atom. The van der Waals surface area contributed by atoms with Gasteiger partial charge in [-0.1, -0.05) is 30.3 Å². The van der Waals surface area contributed by atoms with Crippen LogP contribution in [-0.4, -0.2) is 69.5 Å². The molecule has 2 fully saturated rings. The minimum Gasteiger partial charge on any atom is -0.381 e. The van der Waals surface area contributed by atoms with Gasteiger partial charge in [0.25, 0.3) is 0 Å². The van der Waals surface area contributed by atoms with E-state index in [9.17, 15) is 0 Å². The van der Waals surface area contributed by atoms with Crippen molar-refractivity contribution in [3.8, 4) is 0 Å². The lowest BCUT2D eigenvalue weighted by Crippen LogP contribution is -2.54. The largest absolute Gasteiger partial charge is 0.381 e. The van der Waals surface area contributed by atoms with Crippen LogP contribution in [0.3, 0.4) is 0 Å². The highest BCUT2D eigenvalue weighted by molar-refractivity contribution is 5.80. The van der Waals surface area contributed by atoms with Crippen molar-refractivity contribution < 1.29 is 9.47 Å². The van der Waals surface area contributed by atoms with Crippen LogP contribution in [0.15, 0.2) is 35.3 Å². The highest BCUT2D eigenvalue weighted by Crippen LogP contribution is 2.23. The number of ether oxygens (including phenoxy) is 2. The summed E-state index contributed by atoms with van der Waals surface area (Å²) >= 11 is 0. The van der Waals surface area contributed by atoms with Gasteiger partial charge in [0.2, 0.25) is 0 Å². The Bertz CT molecular complexity index is 587. The van der Waals surface area contributed by atoms with E-state index in [1.165, 1.54) is 18.4 Å². The molecule has 6 heteroatoms. The van der Waals surface area contributed by atoms with Crippen LogP contribution in [0.5, 0.6) is 0 Å². The van der Waals surface area contributed by atoms with E-state index in [2.05, 4.69) is 50.9 Å². The molecule has 2 aliphatic rings. The molecule has 1 aromatic rings. The Hall–Kier alpha value is -1.63. The second kappa shape index (κ2) is 10.1. The van der Waals surface area contributed by atoms with E-state index >= 15 is 0 Å². The summed E-state index contributed by atoms with van der Waals surface area (Å²) in [5.41, 5.74) is 1.23. The van der Waals surface area contributed by atoms with Crippen LogP contribution < -0.4 is 10.6 Å². The lowest BCUT2D eigenvalue weighted by atomic mass is 9.94. The first-order valence-electron chi connectivity index (χ1n) is 10.1. The van der Waals surface area contributed by atoms with E-state index in [0.717, 1.165) is 58.2 Å². The zero-order valence-electron chi connectivity index (χ0n) is 16.7. The number of hydrogen-bond acceptors (Lipinski definition) is 4. The van der Waals surface area contributed by atoms with Crippen LogP contribution in [0.4, 0.5) is 0 Å². The summed E-state index contributed by atoms with van der Waals surface area (Å²) in [6, 6.07) is 11.1. The molecule has 2 heterocycles. The number of nitrogens with one attached hydrogen (secondary N) is 2. The van der Waals surface area contributed by atoms with Crippen molar-refractivity contribution in [3.63, 3.8) is 0 Å². The monoisotopic (exact) mass is 374 g/mol. The lowest BCUT2D eigenvalue weighted by Gasteiger charge is -2.37. The minimum atomic E-state index is -0.151. The maximum absolute atomic E-state index is 5.81. The van der Waals surface area contributed by atoms with Crippen molar-refractivity contribution in [3.05, 3.63) is 35.9 Å². The molecule has 0 amide bonds. The molecule has 3 rings (SSSR count). The number of hydrogen-bond donors (Lipinski definition) is 2. The molecule has 150 valence electrons. The summed E-state index contributed by atoms with van der Waals surface area (Å²) in [5.74, 6) is 0.865. The number of benzene rings is 1. The van der Waals surface area contributed by atoms with E-state index in [4.69, 9.17) is 9.47 Å². The molecule has 0 aromatic heterocycles. The number of aliphatic imine (C=N–C) groups is 1. The van der Waals surface area contributed by atoms with Gasteiger partial charge in [0.1, 0.15) is 0 Å². The highest BCUT2D eigenvalue weighted by atomic mass is 16.5. The Balaban J connectivity index is 1.48. The van der Waals surface area contributed by atoms with Crippen molar-refractivity contribution in [2.24, 2.45) is 4.99 Å². The number of rotatable bonds is 6. The average molecular weight is 375 g/mol. The first-order chi connectivity index (χ1) is 13.2. The zero-order valence-corrected chi connectivity index (χ0v) is 16.7. The topological polar surface area (TPSA) is 58.1 Å². The second-order valence-corrected chi connectivity index (χ2v) is 7.63. The summed E-state index contributed by atoms with van der Waals surface area (Å²) in [4.78, 5) is 6.96. The third-order valence-corrected chi connectivity index (χ3v) is 5.73. The molecule has 1 atom stereocenters. The number of methoxy groups -OCH3 is 1. The van der Waals surface area contributed by atoms with Gasteiger partial charge in [-0.05, 0) is 24.9 Å². The fraction of sp³-hybridized carbons (Fsp3) is 0.667. The Labute approximate surface area is 163 Å². The zero-order chi connectivity index (χ0) is 19.0. The molecule has 0 spiro atoms. The maximum atomic E-state index is 5.81. The van der Waals surface area contributed by atoms with E-state index in [-0.39, 0.29) is 5.60 Å². The third kappa shape index (κ3) is 5.92. The fourth-order valence-corrected chi connectivity index (χ4v) is 3.99. The van der Waals surface area contributed by atoms with Crippen molar-refractivity contribution >= 4 is 5.96 Å². The fourth-order valence-electron chi connectivity index (χ4n) is 3.99. The second-order valence-electron chi connectivity index (χ2n) is 7.63. The Morgan fingerprint density at radius 2 is 2.07 bits per heavy atom. The lowest BCUT2D eigenvalue weighted by molar-refractivity contribution is -0.0855. The predicted molar refractivity (Wildman–Crippen MR) is 109 cm³/mol. The van der Waals surface area contributed by atoms with Gasteiger partial charge in [0, 0.05) is 65.9 Å². The molecule has 1 unspecified atom stereocenters. The highest BCUT2D eigenvalue weighted by Gasteiger charge is 2.32. The number of piperidine rings is 1. The van der Waals surface area contributed by atoms with Crippen LogP contribution in [0.2, 0.25) is 0 Å². The molecular formula is C21H34N4O2. The Kier molecular flexibility index (Phi) is 7.50. The SMILES string of the molecule is CN=C(NCC1(OC)CCOCC1)NC1CCCN(Cc2ccccc2)C1. The normalized spacial score (nSPS) is 23.8. The Morgan fingerprint density at radius 3 is 2.78 bits per heavy atom. The van der Waals surface area contributed by atoms with Crippen LogP contribution in [-0.2, 0) is 16.0 Å². The summed E-state index contributed by atoms with van der Waals surface area (Å²) in [6.45, 7) is 5.49. The summed E-state index contributed by atoms with van der Waals surface area (Å²) in [6.07, 6.45) is 4.22. The van der Waals surface area contributed by atoms with Gasteiger partial charge in [-0.2, -0.15) is 0 Å². The molecular weight excluding hydrogens is 340 g/mol. The van der Waals surface area contributed by atoms with E-state index in [1.807, 2.05) is 7.05 Å². The van der Waals surface area contributed by atoms with Crippen molar-refractivity contribution in [2.75, 3.05) is 47.0 Å². The van der Waals surface area contributed by atoms with Gasteiger partial charge < -0.3 is 20.1 Å². The smallest absolute Gasteiger partial charge is 0.191 e. The van der Waals surface area contributed by atoms with Crippen molar-refractivity contribution in [1.82, 2.24) is 15.5 Å². The quantitative estimate of drug-likeness (QED) is 0.589.